The van der Waals surface area contributed by atoms with Gasteiger partial charge in [0.2, 0.25) is 0 Å². The van der Waals surface area contributed by atoms with E-state index in [2.05, 4.69) is 4.99 Å². The maximum absolute atomic E-state index is 14.2. The fraction of sp³-hybridized carbons (Fsp3) is 0.294. The summed E-state index contributed by atoms with van der Waals surface area (Å²) in [6, 6.07) is 13.2. The number of allylic oxidation sites excluding steroid dienone is 1. The number of benzene rings is 2. The number of carbonyl (C=O) groups is 2. The first-order valence-corrected chi connectivity index (χ1v) is 15.3. The van der Waals surface area contributed by atoms with Gasteiger partial charge in [-0.15, -0.1) is 0 Å². The predicted octanol–water partition coefficient (Wildman–Crippen LogP) is 4.70. The molecule has 2 aromatic heterocycles. The zero-order chi connectivity index (χ0) is 32.6. The fourth-order valence-electron chi connectivity index (χ4n) is 5.54. The molecule has 234 valence electrons. The molecule has 0 fully saturated rings. The molecule has 45 heavy (non-hydrogen) atoms. The molecule has 2 aromatic carbocycles. The molecular formula is C34H35N3O7S. The van der Waals surface area contributed by atoms with Gasteiger partial charge in [-0.1, -0.05) is 17.4 Å². The van der Waals surface area contributed by atoms with Crippen LogP contribution < -0.4 is 24.4 Å². The number of aromatic carboxylic acids is 1. The van der Waals surface area contributed by atoms with E-state index in [-0.39, 0.29) is 29.4 Å². The monoisotopic (exact) mass is 629 g/mol. The van der Waals surface area contributed by atoms with Gasteiger partial charge in [0.25, 0.3) is 5.56 Å². The molecule has 5 rings (SSSR count). The summed E-state index contributed by atoms with van der Waals surface area (Å²) in [5, 5.41) is 9.28. The van der Waals surface area contributed by atoms with E-state index in [9.17, 15) is 19.5 Å². The second-order valence-corrected chi connectivity index (χ2v) is 11.9. The normalized spacial score (nSPS) is 14.8. The van der Waals surface area contributed by atoms with Gasteiger partial charge in [-0.25, -0.2) is 14.6 Å². The highest BCUT2D eigenvalue weighted by molar-refractivity contribution is 7.07. The number of carbonyl (C=O) groups excluding carboxylic acids is 1. The first-order chi connectivity index (χ1) is 21.4. The molecule has 0 saturated carbocycles. The number of hydrogen-bond acceptors (Lipinski definition) is 8. The zero-order valence-electron chi connectivity index (χ0n) is 26.2. The number of nitrogens with zero attached hydrogens (tertiary/aromatic N) is 3. The molecule has 0 spiro atoms. The van der Waals surface area contributed by atoms with E-state index in [4.69, 9.17) is 14.2 Å². The third-order valence-electron chi connectivity index (χ3n) is 7.51. The number of aryl methyl sites for hydroxylation is 1. The van der Waals surface area contributed by atoms with Crippen molar-refractivity contribution in [3.05, 3.63) is 108 Å². The second kappa shape index (κ2) is 12.6. The van der Waals surface area contributed by atoms with E-state index in [1.54, 1.807) is 57.4 Å². The number of carboxylic acid groups (broad SMARTS) is 1. The number of fused-ring (bicyclic) bond motifs is 1. The van der Waals surface area contributed by atoms with E-state index >= 15 is 0 Å². The molecule has 3 heterocycles. The fourth-order valence-corrected chi connectivity index (χ4v) is 6.58. The molecule has 1 N–H and O–H groups in total. The molecule has 1 aliphatic heterocycles. The predicted molar refractivity (Wildman–Crippen MR) is 171 cm³/mol. The third-order valence-corrected chi connectivity index (χ3v) is 8.50. The zero-order valence-corrected chi connectivity index (χ0v) is 27.0. The summed E-state index contributed by atoms with van der Waals surface area (Å²) in [5.41, 5.74) is 4.74. The Morgan fingerprint density at radius 2 is 1.78 bits per heavy atom. The van der Waals surface area contributed by atoms with Crippen molar-refractivity contribution in [2.45, 2.75) is 53.7 Å². The van der Waals surface area contributed by atoms with Crippen molar-refractivity contribution in [1.29, 1.82) is 0 Å². The van der Waals surface area contributed by atoms with Crippen LogP contribution in [-0.4, -0.2) is 46.0 Å². The van der Waals surface area contributed by atoms with Gasteiger partial charge in [-0.05, 0) is 101 Å². The third kappa shape index (κ3) is 5.95. The number of aromatic nitrogens is 2. The van der Waals surface area contributed by atoms with E-state index in [1.807, 2.05) is 50.5 Å². The molecule has 4 aromatic rings. The average Bonchev–Trinajstić information content (AvgIpc) is 3.45. The van der Waals surface area contributed by atoms with Crippen molar-refractivity contribution >= 4 is 29.4 Å². The maximum atomic E-state index is 14.2. The summed E-state index contributed by atoms with van der Waals surface area (Å²) >= 11 is 1.24. The lowest BCUT2D eigenvalue weighted by molar-refractivity contribution is -0.139. The van der Waals surface area contributed by atoms with Crippen LogP contribution >= 0.6 is 11.3 Å². The first-order valence-electron chi connectivity index (χ1n) is 14.5. The van der Waals surface area contributed by atoms with Crippen LogP contribution in [0.3, 0.4) is 0 Å². The molecule has 0 unspecified atom stereocenters. The summed E-state index contributed by atoms with van der Waals surface area (Å²) in [5.74, 6) is -0.506. The second-order valence-electron chi connectivity index (χ2n) is 10.9. The Labute approximate surface area is 264 Å². The summed E-state index contributed by atoms with van der Waals surface area (Å²) in [4.78, 5) is 43.9. The van der Waals surface area contributed by atoms with Gasteiger partial charge in [0.1, 0.15) is 0 Å². The highest BCUT2D eigenvalue weighted by atomic mass is 32.1. The number of carboxylic acids is 1. The molecule has 0 radical (unpaired) electrons. The molecule has 11 heteroatoms. The Morgan fingerprint density at radius 3 is 2.40 bits per heavy atom. The largest absolute Gasteiger partial charge is 0.493 e. The van der Waals surface area contributed by atoms with Gasteiger partial charge < -0.3 is 23.9 Å². The number of rotatable bonds is 9. The molecule has 1 atom stereocenters. The Hall–Kier alpha value is -4.90. The number of hydrogen-bond donors (Lipinski definition) is 1. The Bertz CT molecular complexity index is 2010. The summed E-state index contributed by atoms with van der Waals surface area (Å²) in [7, 11) is 1.54. The van der Waals surface area contributed by atoms with Crippen molar-refractivity contribution in [2.24, 2.45) is 4.99 Å². The van der Waals surface area contributed by atoms with Gasteiger partial charge in [0, 0.05) is 17.1 Å². The molecule has 10 nitrogen and oxygen atoms in total. The van der Waals surface area contributed by atoms with Crippen LogP contribution in [0.1, 0.15) is 66.6 Å². The van der Waals surface area contributed by atoms with E-state index in [0.717, 1.165) is 22.6 Å². The number of methoxy groups -OCH3 is 1. The number of ether oxygens (including phenoxy) is 3. The molecular weight excluding hydrogens is 594 g/mol. The lowest BCUT2D eigenvalue weighted by atomic mass is 9.95. The maximum Gasteiger partial charge on any atom is 0.338 e. The highest BCUT2D eigenvalue weighted by Gasteiger charge is 2.34. The van der Waals surface area contributed by atoms with Crippen molar-refractivity contribution in [3.8, 4) is 17.2 Å². The quantitative estimate of drug-likeness (QED) is 0.267. The minimum atomic E-state index is -0.989. The lowest BCUT2D eigenvalue weighted by Crippen LogP contribution is -2.40. The van der Waals surface area contributed by atoms with Gasteiger partial charge in [0.15, 0.2) is 16.3 Å². The Balaban J connectivity index is 1.67. The smallest absolute Gasteiger partial charge is 0.338 e. The van der Waals surface area contributed by atoms with Crippen LogP contribution in [0, 0.1) is 13.8 Å². The van der Waals surface area contributed by atoms with Gasteiger partial charge in [-0.2, -0.15) is 0 Å². The van der Waals surface area contributed by atoms with Crippen molar-refractivity contribution in [1.82, 2.24) is 9.13 Å². The van der Waals surface area contributed by atoms with E-state index in [0.29, 0.717) is 32.1 Å². The summed E-state index contributed by atoms with van der Waals surface area (Å²) < 4.78 is 20.9. The van der Waals surface area contributed by atoms with Gasteiger partial charge in [0.05, 0.1) is 47.2 Å². The van der Waals surface area contributed by atoms with Crippen molar-refractivity contribution in [3.63, 3.8) is 0 Å². The molecule has 0 amide bonds. The molecule has 0 saturated heterocycles. The van der Waals surface area contributed by atoms with Gasteiger partial charge >= 0.3 is 11.9 Å². The van der Waals surface area contributed by atoms with Crippen molar-refractivity contribution in [2.75, 3.05) is 13.7 Å². The summed E-state index contributed by atoms with van der Waals surface area (Å²) in [6.45, 7) is 11.4. The number of esters is 1. The molecule has 1 aliphatic rings. The lowest BCUT2D eigenvalue weighted by Gasteiger charge is -2.25. The Morgan fingerprint density at radius 1 is 1.07 bits per heavy atom. The van der Waals surface area contributed by atoms with E-state index in [1.165, 1.54) is 15.9 Å². The Kier molecular flexibility index (Phi) is 8.83. The number of thiazole rings is 1. The SMILES string of the molecule is CCOC(=O)C1=C(C)N=c2s/c(=C\c3cc(C)n(-c4ccc(C(=O)O)cc4)c3C)c(=O)n2[C@@H]1c1ccc(OC(C)C)c(OC)c1. The van der Waals surface area contributed by atoms with Crippen molar-refractivity contribution < 1.29 is 28.9 Å². The highest BCUT2D eigenvalue weighted by Crippen LogP contribution is 2.36. The van der Waals surface area contributed by atoms with Crippen LogP contribution in [0.4, 0.5) is 0 Å². The molecule has 0 bridgehead atoms. The standard InChI is InChI=1S/C34H35N3O7S/c1-8-43-33(41)29-20(5)35-34-37(30(29)23-11-14-26(44-18(2)3)27(16-23)42-7)31(38)28(45-34)17-24-15-19(4)36(21(24)6)25-12-9-22(10-13-25)32(39)40/h9-18,30H,8H2,1-7H3,(H,39,40)/b28-17-/t30-/m1/s1. The minimum absolute atomic E-state index is 0.0780. The summed E-state index contributed by atoms with van der Waals surface area (Å²) in [6.07, 6.45) is 1.75. The molecule has 0 aliphatic carbocycles. The average molecular weight is 630 g/mol. The van der Waals surface area contributed by atoms with Gasteiger partial charge in [-0.3, -0.25) is 9.36 Å². The van der Waals surface area contributed by atoms with Crippen LogP contribution in [0.2, 0.25) is 0 Å². The van der Waals surface area contributed by atoms with Crippen LogP contribution in [-0.2, 0) is 9.53 Å². The topological polar surface area (TPSA) is 121 Å². The van der Waals surface area contributed by atoms with Crippen LogP contribution in [0.25, 0.3) is 11.8 Å². The minimum Gasteiger partial charge on any atom is -0.493 e. The van der Waals surface area contributed by atoms with E-state index < -0.39 is 18.0 Å². The van der Waals surface area contributed by atoms with Crippen LogP contribution in [0.5, 0.6) is 11.5 Å². The first kappa shape index (κ1) is 31.5. The van der Waals surface area contributed by atoms with Crippen LogP contribution in [0.15, 0.2) is 69.6 Å².